The van der Waals surface area contributed by atoms with Crippen molar-refractivity contribution in [1.82, 2.24) is 10.3 Å². The van der Waals surface area contributed by atoms with E-state index in [0.717, 1.165) is 30.4 Å². The summed E-state index contributed by atoms with van der Waals surface area (Å²) in [6.45, 7) is 8.35. The van der Waals surface area contributed by atoms with Gasteiger partial charge in [-0.1, -0.05) is 18.5 Å². The first kappa shape index (κ1) is 14.6. The molecule has 0 spiro atoms. The van der Waals surface area contributed by atoms with Crippen molar-refractivity contribution < 1.29 is 0 Å². The van der Waals surface area contributed by atoms with Gasteiger partial charge in [0.05, 0.1) is 5.02 Å². The molecule has 0 aromatic carbocycles. The SMILES string of the molecule is CCC(C)N(CC)c1ncc(CNC2CC2)cc1Cl. The molecule has 1 atom stereocenters. The Kier molecular flexibility index (Phi) is 5.06. The number of hydrogen-bond donors (Lipinski definition) is 1. The van der Waals surface area contributed by atoms with Crippen LogP contribution in [0.1, 0.15) is 45.6 Å². The summed E-state index contributed by atoms with van der Waals surface area (Å²) in [6, 6.07) is 3.22. The number of anilines is 1. The van der Waals surface area contributed by atoms with Gasteiger partial charge in [0.25, 0.3) is 0 Å². The summed E-state index contributed by atoms with van der Waals surface area (Å²) in [5.41, 5.74) is 1.17. The third-order valence-electron chi connectivity index (χ3n) is 3.79. The molecule has 1 aliphatic carbocycles. The van der Waals surface area contributed by atoms with Crippen LogP contribution < -0.4 is 10.2 Å². The summed E-state index contributed by atoms with van der Waals surface area (Å²) in [5, 5.41) is 4.25. The molecule has 0 aliphatic heterocycles. The number of pyridine rings is 1. The quantitative estimate of drug-likeness (QED) is 0.827. The van der Waals surface area contributed by atoms with Crippen LogP contribution in [0, 0.1) is 0 Å². The molecule has 1 saturated carbocycles. The first-order valence-electron chi connectivity index (χ1n) is 7.30. The van der Waals surface area contributed by atoms with Gasteiger partial charge < -0.3 is 10.2 Å². The van der Waals surface area contributed by atoms with Crippen LogP contribution >= 0.6 is 11.6 Å². The minimum Gasteiger partial charge on any atom is -0.353 e. The highest BCUT2D eigenvalue weighted by Crippen LogP contribution is 2.27. The Bertz CT molecular complexity index is 418. The molecule has 1 aliphatic rings. The van der Waals surface area contributed by atoms with E-state index in [4.69, 9.17) is 11.6 Å². The van der Waals surface area contributed by atoms with Crippen LogP contribution in [0.3, 0.4) is 0 Å². The minimum atomic E-state index is 0.463. The maximum absolute atomic E-state index is 6.40. The molecule has 0 bridgehead atoms. The second kappa shape index (κ2) is 6.58. The van der Waals surface area contributed by atoms with E-state index in [0.29, 0.717) is 12.1 Å². The topological polar surface area (TPSA) is 28.2 Å². The molecule has 106 valence electrons. The lowest BCUT2D eigenvalue weighted by Gasteiger charge is -2.29. The summed E-state index contributed by atoms with van der Waals surface area (Å²) >= 11 is 6.40. The van der Waals surface area contributed by atoms with Gasteiger partial charge in [0.1, 0.15) is 5.82 Å². The molecule has 4 heteroatoms. The molecule has 1 fully saturated rings. The van der Waals surface area contributed by atoms with Crippen LogP contribution in [-0.2, 0) is 6.54 Å². The molecule has 1 N–H and O–H groups in total. The van der Waals surface area contributed by atoms with Crippen molar-refractivity contribution in [2.75, 3.05) is 11.4 Å². The zero-order chi connectivity index (χ0) is 13.8. The Morgan fingerprint density at radius 3 is 2.74 bits per heavy atom. The molecule has 1 heterocycles. The van der Waals surface area contributed by atoms with Gasteiger partial charge in [-0.3, -0.25) is 0 Å². The van der Waals surface area contributed by atoms with Gasteiger partial charge in [-0.25, -0.2) is 4.98 Å². The van der Waals surface area contributed by atoms with E-state index >= 15 is 0 Å². The Morgan fingerprint density at radius 1 is 1.47 bits per heavy atom. The van der Waals surface area contributed by atoms with Crippen molar-refractivity contribution in [2.24, 2.45) is 0 Å². The van der Waals surface area contributed by atoms with Crippen LogP contribution in [0.4, 0.5) is 5.82 Å². The summed E-state index contributed by atoms with van der Waals surface area (Å²) in [4.78, 5) is 6.84. The lowest BCUT2D eigenvalue weighted by molar-refractivity contribution is 0.622. The fourth-order valence-electron chi connectivity index (χ4n) is 2.22. The average Bonchev–Trinajstić information content (AvgIpc) is 3.23. The second-order valence-electron chi connectivity index (χ2n) is 5.35. The number of aromatic nitrogens is 1. The highest BCUT2D eigenvalue weighted by Gasteiger charge is 2.20. The fourth-order valence-corrected chi connectivity index (χ4v) is 2.52. The van der Waals surface area contributed by atoms with E-state index in [1.165, 1.54) is 18.4 Å². The number of nitrogens with zero attached hydrogens (tertiary/aromatic N) is 2. The van der Waals surface area contributed by atoms with Gasteiger partial charge in [0.15, 0.2) is 0 Å². The molecule has 1 aromatic rings. The molecule has 19 heavy (non-hydrogen) atoms. The number of nitrogens with one attached hydrogen (secondary N) is 1. The second-order valence-corrected chi connectivity index (χ2v) is 5.75. The first-order valence-corrected chi connectivity index (χ1v) is 7.67. The standard InChI is InChI=1S/C15H24ClN3/c1-4-11(3)19(5-2)15-14(16)8-12(10-18-15)9-17-13-6-7-13/h8,10-11,13,17H,4-7,9H2,1-3H3. The number of rotatable bonds is 7. The van der Waals surface area contributed by atoms with E-state index in [1.54, 1.807) is 0 Å². The third-order valence-corrected chi connectivity index (χ3v) is 4.06. The zero-order valence-corrected chi connectivity index (χ0v) is 12.9. The highest BCUT2D eigenvalue weighted by atomic mass is 35.5. The molecule has 2 rings (SSSR count). The average molecular weight is 282 g/mol. The molecule has 3 nitrogen and oxygen atoms in total. The molecule has 0 radical (unpaired) electrons. The first-order chi connectivity index (χ1) is 9.15. The van der Waals surface area contributed by atoms with Crippen molar-refractivity contribution in [2.45, 2.75) is 58.7 Å². The van der Waals surface area contributed by atoms with E-state index in [9.17, 15) is 0 Å². The third kappa shape index (κ3) is 3.83. The summed E-state index contributed by atoms with van der Waals surface area (Å²) in [6.07, 6.45) is 5.65. The predicted molar refractivity (Wildman–Crippen MR) is 81.9 cm³/mol. The van der Waals surface area contributed by atoms with Gasteiger partial charge in [-0.15, -0.1) is 0 Å². The maximum atomic E-state index is 6.40. The molecule has 1 aromatic heterocycles. The smallest absolute Gasteiger partial charge is 0.147 e. The van der Waals surface area contributed by atoms with Gasteiger partial charge in [0.2, 0.25) is 0 Å². The molecule has 0 saturated heterocycles. The largest absolute Gasteiger partial charge is 0.353 e. The Hall–Kier alpha value is -0.800. The highest BCUT2D eigenvalue weighted by molar-refractivity contribution is 6.33. The molecule has 0 amide bonds. The molecule has 1 unspecified atom stereocenters. The Labute approximate surface area is 121 Å². The molecular formula is C15H24ClN3. The van der Waals surface area contributed by atoms with Gasteiger partial charge in [-0.2, -0.15) is 0 Å². The van der Waals surface area contributed by atoms with Crippen molar-refractivity contribution in [3.8, 4) is 0 Å². The van der Waals surface area contributed by atoms with Crippen LogP contribution in [0.25, 0.3) is 0 Å². The summed E-state index contributed by atoms with van der Waals surface area (Å²) in [7, 11) is 0. The zero-order valence-electron chi connectivity index (χ0n) is 12.1. The van der Waals surface area contributed by atoms with Crippen molar-refractivity contribution in [1.29, 1.82) is 0 Å². The maximum Gasteiger partial charge on any atom is 0.147 e. The van der Waals surface area contributed by atoms with Gasteiger partial charge in [-0.05, 0) is 44.7 Å². The Balaban J connectivity index is 2.07. The summed E-state index contributed by atoms with van der Waals surface area (Å²) in [5.74, 6) is 0.911. The van der Waals surface area contributed by atoms with Crippen molar-refractivity contribution >= 4 is 17.4 Å². The monoisotopic (exact) mass is 281 g/mol. The fraction of sp³-hybridized carbons (Fsp3) is 0.667. The van der Waals surface area contributed by atoms with Crippen LogP contribution in [-0.4, -0.2) is 23.6 Å². The normalized spacial score (nSPS) is 16.4. The van der Waals surface area contributed by atoms with E-state index in [-0.39, 0.29) is 0 Å². The van der Waals surface area contributed by atoms with E-state index in [2.05, 4.69) is 36.0 Å². The molecular weight excluding hydrogens is 258 g/mol. The van der Waals surface area contributed by atoms with Gasteiger partial charge in [0, 0.05) is 31.4 Å². The van der Waals surface area contributed by atoms with Crippen LogP contribution in [0.5, 0.6) is 0 Å². The minimum absolute atomic E-state index is 0.463. The van der Waals surface area contributed by atoms with E-state index < -0.39 is 0 Å². The lowest BCUT2D eigenvalue weighted by Crippen LogP contribution is -2.33. The van der Waals surface area contributed by atoms with Crippen molar-refractivity contribution in [3.63, 3.8) is 0 Å². The predicted octanol–water partition coefficient (Wildman–Crippen LogP) is 3.61. The Morgan fingerprint density at radius 2 is 2.21 bits per heavy atom. The number of halogens is 1. The summed E-state index contributed by atoms with van der Waals surface area (Å²) < 4.78 is 0. The lowest BCUT2D eigenvalue weighted by atomic mass is 10.2. The van der Waals surface area contributed by atoms with Crippen molar-refractivity contribution in [3.05, 3.63) is 22.8 Å². The number of hydrogen-bond acceptors (Lipinski definition) is 3. The van der Waals surface area contributed by atoms with Crippen LogP contribution in [0.15, 0.2) is 12.3 Å². The van der Waals surface area contributed by atoms with E-state index in [1.807, 2.05) is 12.3 Å². The van der Waals surface area contributed by atoms with Gasteiger partial charge >= 0.3 is 0 Å². The van der Waals surface area contributed by atoms with Crippen LogP contribution in [0.2, 0.25) is 5.02 Å².